The Kier molecular flexibility index (Phi) is 11.5. The number of nitrogens with zero attached hydrogens (tertiary/aromatic N) is 6. The maximum absolute atomic E-state index is 11.2. The smallest absolute Gasteiger partial charge is 0.300 e. The van der Waals surface area contributed by atoms with Crippen molar-refractivity contribution < 1.29 is 14.3 Å². The summed E-state index contributed by atoms with van der Waals surface area (Å²) in [5, 5.41) is 32.2. The number of non-ortho nitro benzene ring substituents is 1. The molecule has 2 aromatic carbocycles. The maximum Gasteiger partial charge on any atom is 0.300 e. The Morgan fingerprint density at radius 2 is 1.44 bits per heavy atom. The normalized spacial score (nSPS) is 13.4. The van der Waals surface area contributed by atoms with E-state index in [-0.39, 0.29) is 11.2 Å². The second-order valence-electron chi connectivity index (χ2n) is 11.3. The molecule has 14 nitrogen and oxygen atoms in total. The molecular formula is C31H42N10O4. The maximum atomic E-state index is 11.2. The van der Waals surface area contributed by atoms with E-state index in [9.17, 15) is 10.1 Å². The molecule has 4 aromatic rings. The lowest BCUT2D eigenvalue weighted by Gasteiger charge is -2.21. The number of methoxy groups -OCH3 is 1. The van der Waals surface area contributed by atoms with Crippen LogP contribution in [0, 0.1) is 16.0 Å². The third-order valence-electron chi connectivity index (χ3n) is 8.06. The number of anilines is 4. The summed E-state index contributed by atoms with van der Waals surface area (Å²) in [4.78, 5) is 24.6. The van der Waals surface area contributed by atoms with Gasteiger partial charge in [0.1, 0.15) is 5.75 Å². The molecule has 1 fully saturated rings. The predicted molar refractivity (Wildman–Crippen MR) is 174 cm³/mol. The van der Waals surface area contributed by atoms with Gasteiger partial charge >= 0.3 is 5.69 Å². The first kappa shape index (κ1) is 31.7. The van der Waals surface area contributed by atoms with Gasteiger partial charge < -0.3 is 26.0 Å². The van der Waals surface area contributed by atoms with Crippen LogP contribution in [-0.4, -0.2) is 63.5 Å². The van der Waals surface area contributed by atoms with E-state index in [0.717, 1.165) is 50.9 Å². The molecule has 0 unspecified atom stereocenters. The molecule has 1 aliphatic carbocycles. The van der Waals surface area contributed by atoms with Crippen LogP contribution in [-0.2, 0) is 6.42 Å². The molecule has 0 radical (unpaired) electrons. The molecule has 4 N–H and O–H groups in total. The second-order valence-corrected chi connectivity index (χ2v) is 11.3. The SMILES string of the molecule is COc1ccc(CCNc2nc(NCCCCCCNc3ccc([N+](=O)[O-])c4nonc34)nc(NCC3CCCCC3)n2)cc1. The Bertz CT molecular complexity index is 1510. The summed E-state index contributed by atoms with van der Waals surface area (Å²) in [6, 6.07) is 11.1. The van der Waals surface area contributed by atoms with Crippen LogP contribution >= 0.6 is 0 Å². The lowest BCUT2D eigenvalue weighted by molar-refractivity contribution is -0.383. The minimum atomic E-state index is -0.489. The van der Waals surface area contributed by atoms with Gasteiger partial charge in [-0.1, -0.05) is 44.2 Å². The van der Waals surface area contributed by atoms with Gasteiger partial charge in [0, 0.05) is 32.2 Å². The molecule has 0 spiro atoms. The van der Waals surface area contributed by atoms with Gasteiger partial charge in [-0.2, -0.15) is 15.0 Å². The fraction of sp³-hybridized carbons (Fsp3) is 0.516. The number of aromatic nitrogens is 5. The third kappa shape index (κ3) is 9.37. The zero-order valence-corrected chi connectivity index (χ0v) is 25.8. The van der Waals surface area contributed by atoms with E-state index < -0.39 is 4.92 Å². The van der Waals surface area contributed by atoms with Crippen LogP contribution in [0.4, 0.5) is 29.2 Å². The van der Waals surface area contributed by atoms with Crippen LogP contribution in [0.25, 0.3) is 11.0 Å². The molecule has 5 rings (SSSR count). The molecule has 240 valence electrons. The quantitative estimate of drug-likeness (QED) is 0.0575. The van der Waals surface area contributed by atoms with Gasteiger partial charge in [0.15, 0.2) is 5.52 Å². The van der Waals surface area contributed by atoms with E-state index >= 15 is 0 Å². The summed E-state index contributed by atoms with van der Waals surface area (Å²) < 4.78 is 9.98. The number of hydrogen-bond acceptors (Lipinski definition) is 13. The van der Waals surface area contributed by atoms with Crippen molar-refractivity contribution in [3.63, 3.8) is 0 Å². The van der Waals surface area contributed by atoms with Crippen molar-refractivity contribution in [3.8, 4) is 5.75 Å². The Labute approximate surface area is 262 Å². The highest BCUT2D eigenvalue weighted by molar-refractivity contribution is 5.93. The van der Waals surface area contributed by atoms with Gasteiger partial charge in [0.2, 0.25) is 23.4 Å². The van der Waals surface area contributed by atoms with E-state index in [1.807, 2.05) is 12.1 Å². The van der Waals surface area contributed by atoms with Crippen molar-refractivity contribution in [1.29, 1.82) is 0 Å². The van der Waals surface area contributed by atoms with Gasteiger partial charge in [-0.25, -0.2) is 4.63 Å². The Morgan fingerprint density at radius 1 is 0.800 bits per heavy atom. The van der Waals surface area contributed by atoms with Crippen LogP contribution in [0.1, 0.15) is 63.4 Å². The lowest BCUT2D eigenvalue weighted by Crippen LogP contribution is -2.20. The molecular weight excluding hydrogens is 576 g/mol. The standard InChI is InChI=1S/C31H42N10O4/c1-44-24-13-11-22(12-14-24)17-20-34-30-36-29(37-31(38-30)35-21-23-9-5-4-6-10-23)33-19-8-3-2-7-18-32-25-15-16-26(41(42)43)28-27(25)39-45-40-28/h11-16,23,32H,2-10,17-21H2,1H3,(H3,33,34,35,36,37,38). The third-order valence-corrected chi connectivity index (χ3v) is 8.06. The molecule has 1 saturated carbocycles. The van der Waals surface area contributed by atoms with Gasteiger partial charge in [0.25, 0.3) is 0 Å². The molecule has 0 aliphatic heterocycles. The second kappa shape index (κ2) is 16.4. The van der Waals surface area contributed by atoms with Crippen LogP contribution in [0.15, 0.2) is 41.0 Å². The number of ether oxygens (including phenoxy) is 1. The van der Waals surface area contributed by atoms with Gasteiger partial charge in [-0.05, 0) is 72.1 Å². The van der Waals surface area contributed by atoms with Crippen LogP contribution < -0.4 is 26.0 Å². The summed E-state index contributed by atoms with van der Waals surface area (Å²) in [5.74, 6) is 3.22. The molecule has 14 heteroatoms. The zero-order valence-electron chi connectivity index (χ0n) is 25.8. The molecule has 0 atom stereocenters. The van der Waals surface area contributed by atoms with Crippen molar-refractivity contribution in [1.82, 2.24) is 25.3 Å². The van der Waals surface area contributed by atoms with Crippen molar-refractivity contribution >= 4 is 40.3 Å². The van der Waals surface area contributed by atoms with E-state index in [0.29, 0.717) is 48.1 Å². The van der Waals surface area contributed by atoms with Crippen LogP contribution in [0.2, 0.25) is 0 Å². The summed E-state index contributed by atoms with van der Waals surface area (Å²) >= 11 is 0. The number of nitro groups is 1. The minimum Gasteiger partial charge on any atom is -0.497 e. The number of rotatable bonds is 18. The highest BCUT2D eigenvalue weighted by Crippen LogP contribution is 2.29. The number of nitrogens with one attached hydrogen (secondary N) is 4. The van der Waals surface area contributed by atoms with Crippen molar-refractivity contribution in [2.24, 2.45) is 5.92 Å². The van der Waals surface area contributed by atoms with Gasteiger partial charge in [-0.15, -0.1) is 0 Å². The van der Waals surface area contributed by atoms with E-state index in [2.05, 4.69) is 58.7 Å². The summed E-state index contributed by atoms with van der Waals surface area (Å²) in [6.45, 7) is 3.03. The monoisotopic (exact) mass is 618 g/mol. The molecule has 2 aromatic heterocycles. The minimum absolute atomic E-state index is 0.119. The number of nitro benzene ring substituents is 1. The highest BCUT2D eigenvalue weighted by atomic mass is 16.6. The summed E-state index contributed by atoms with van der Waals surface area (Å²) in [6.07, 6.45) is 11.2. The average molecular weight is 619 g/mol. The summed E-state index contributed by atoms with van der Waals surface area (Å²) in [5.41, 5.74) is 2.28. The number of fused-ring (bicyclic) bond motifs is 1. The van der Waals surface area contributed by atoms with Gasteiger partial charge in [-0.3, -0.25) is 10.1 Å². The zero-order chi connectivity index (χ0) is 31.3. The van der Waals surface area contributed by atoms with E-state index in [1.54, 1.807) is 13.2 Å². The van der Waals surface area contributed by atoms with Crippen molar-refractivity contribution in [3.05, 3.63) is 52.1 Å². The number of benzene rings is 2. The predicted octanol–water partition coefficient (Wildman–Crippen LogP) is 6.06. The first-order valence-corrected chi connectivity index (χ1v) is 15.8. The summed E-state index contributed by atoms with van der Waals surface area (Å²) in [7, 11) is 1.67. The number of hydrogen-bond donors (Lipinski definition) is 4. The Balaban J connectivity index is 1.06. The molecule has 0 saturated heterocycles. The van der Waals surface area contributed by atoms with Gasteiger partial charge in [0.05, 0.1) is 17.7 Å². The lowest BCUT2D eigenvalue weighted by atomic mass is 9.89. The molecule has 0 bridgehead atoms. The topological polar surface area (TPSA) is 178 Å². The first-order valence-electron chi connectivity index (χ1n) is 15.8. The fourth-order valence-electron chi connectivity index (χ4n) is 5.52. The van der Waals surface area contributed by atoms with Crippen molar-refractivity contribution in [2.45, 2.75) is 64.2 Å². The highest BCUT2D eigenvalue weighted by Gasteiger charge is 2.19. The van der Waals surface area contributed by atoms with E-state index in [1.165, 1.54) is 43.7 Å². The Hall–Kier alpha value is -4.75. The Morgan fingerprint density at radius 3 is 2.13 bits per heavy atom. The molecule has 0 amide bonds. The average Bonchev–Trinajstić information content (AvgIpc) is 3.56. The molecule has 1 aliphatic rings. The number of unbranched alkanes of at least 4 members (excludes halogenated alkanes) is 3. The fourth-order valence-corrected chi connectivity index (χ4v) is 5.52. The van der Waals surface area contributed by atoms with Crippen LogP contribution in [0.5, 0.6) is 5.75 Å². The largest absolute Gasteiger partial charge is 0.497 e. The molecule has 2 heterocycles. The van der Waals surface area contributed by atoms with Crippen LogP contribution in [0.3, 0.4) is 0 Å². The molecule has 45 heavy (non-hydrogen) atoms. The van der Waals surface area contributed by atoms with E-state index in [4.69, 9.17) is 9.37 Å². The first-order chi connectivity index (χ1) is 22.1. The van der Waals surface area contributed by atoms with Crippen molar-refractivity contribution in [2.75, 3.05) is 54.6 Å².